The van der Waals surface area contributed by atoms with E-state index in [0.717, 1.165) is 81.8 Å². The summed E-state index contributed by atoms with van der Waals surface area (Å²) in [4.78, 5) is 72.2. The molecule has 0 spiro atoms. The van der Waals surface area contributed by atoms with Gasteiger partial charge in [0.05, 0.1) is 50.2 Å². The van der Waals surface area contributed by atoms with E-state index in [1.165, 1.54) is 0 Å². The number of thioether (sulfide) groups is 1. The van der Waals surface area contributed by atoms with Crippen molar-refractivity contribution in [2.75, 3.05) is 63.4 Å². The van der Waals surface area contributed by atoms with Crippen LogP contribution >= 0.6 is 11.8 Å². The van der Waals surface area contributed by atoms with Crippen molar-refractivity contribution in [2.45, 2.75) is 81.8 Å². The van der Waals surface area contributed by atoms with Gasteiger partial charge in [-0.25, -0.2) is 0 Å². The number of aromatic nitrogens is 1. The van der Waals surface area contributed by atoms with Gasteiger partial charge in [-0.2, -0.15) is 5.26 Å². The highest BCUT2D eigenvalue weighted by Gasteiger charge is 2.42. The molecule has 62 heavy (non-hydrogen) atoms. The number of carbonyl (C=O) groups excluding carboxylic acids is 5. The van der Waals surface area contributed by atoms with Crippen molar-refractivity contribution in [1.29, 1.82) is 5.26 Å². The Bertz CT molecular complexity index is 2470. The van der Waals surface area contributed by atoms with Crippen molar-refractivity contribution in [1.82, 2.24) is 20.5 Å². The predicted molar refractivity (Wildman–Crippen MR) is 233 cm³/mol. The van der Waals surface area contributed by atoms with E-state index in [2.05, 4.69) is 59.5 Å². The first kappa shape index (κ1) is 43.1. The van der Waals surface area contributed by atoms with Gasteiger partial charge >= 0.3 is 0 Å². The van der Waals surface area contributed by atoms with Gasteiger partial charge in [0.25, 0.3) is 5.91 Å². The van der Waals surface area contributed by atoms with Gasteiger partial charge in [-0.05, 0) is 78.8 Å². The van der Waals surface area contributed by atoms with Crippen molar-refractivity contribution in [3.05, 3.63) is 93.2 Å². The number of ether oxygens (including phenoxy) is 3. The molecule has 4 aromatic rings. The topological polar surface area (TPSA) is 183 Å². The average Bonchev–Trinajstić information content (AvgIpc) is 3.83. The first-order valence-electron chi connectivity index (χ1n) is 21.4. The smallest absolute Gasteiger partial charge is 0.255 e. The summed E-state index contributed by atoms with van der Waals surface area (Å²) in [6.45, 7) is 10.2. The van der Waals surface area contributed by atoms with Crippen LogP contribution in [0.4, 0.5) is 5.69 Å². The highest BCUT2D eigenvalue weighted by Crippen LogP contribution is 2.46. The number of aryl methyl sites for hydroxylation is 1. The van der Waals surface area contributed by atoms with Gasteiger partial charge in [0, 0.05) is 81.6 Å². The summed E-state index contributed by atoms with van der Waals surface area (Å²) in [6, 6.07) is 16.9. The minimum absolute atomic E-state index is 0.00948. The quantitative estimate of drug-likeness (QED) is 0.0769. The largest absolute Gasteiger partial charge is 0.378 e. The highest BCUT2D eigenvalue weighted by molar-refractivity contribution is 7.99. The Kier molecular flexibility index (Phi) is 12.8. The Morgan fingerprint density at radius 2 is 1.71 bits per heavy atom. The number of aromatic amines is 1. The summed E-state index contributed by atoms with van der Waals surface area (Å²) in [5.41, 5.74) is 7.92. The Morgan fingerprint density at radius 1 is 0.952 bits per heavy atom. The van der Waals surface area contributed by atoms with E-state index in [9.17, 15) is 29.2 Å². The van der Waals surface area contributed by atoms with E-state index in [1.54, 1.807) is 28.8 Å². The van der Waals surface area contributed by atoms with Crippen LogP contribution in [0, 0.1) is 11.3 Å². The minimum atomic E-state index is -0.640. The summed E-state index contributed by atoms with van der Waals surface area (Å²) < 4.78 is 17.0. The SMILES string of the molecule is CCc1cc2c(cc1N1CCC(NC(=O)COCCOCCOCCSc3cccc4c3CN(C3CCC(=O)NC3=O)C4=O)CC1)C(C)(C)c1[nH]c3cc(C#N)ccc3c1C2=O. The van der Waals surface area contributed by atoms with Gasteiger partial charge in [-0.15, -0.1) is 11.8 Å². The number of nitrogens with one attached hydrogen (secondary N) is 3. The zero-order valence-electron chi connectivity index (χ0n) is 35.4. The van der Waals surface area contributed by atoms with Gasteiger partial charge in [0.15, 0.2) is 5.78 Å². The molecule has 8 rings (SSSR count). The van der Waals surface area contributed by atoms with Crippen molar-refractivity contribution in [3.63, 3.8) is 0 Å². The molecule has 15 heteroatoms. The zero-order valence-corrected chi connectivity index (χ0v) is 36.2. The molecule has 0 radical (unpaired) electrons. The van der Waals surface area contributed by atoms with Crippen LogP contribution in [0.25, 0.3) is 10.9 Å². The molecular weight excluding hydrogens is 809 g/mol. The molecule has 2 saturated heterocycles. The van der Waals surface area contributed by atoms with E-state index >= 15 is 0 Å². The Morgan fingerprint density at radius 3 is 2.45 bits per heavy atom. The lowest BCUT2D eigenvalue weighted by atomic mass is 9.70. The molecule has 14 nitrogen and oxygen atoms in total. The number of piperidine rings is 2. The Balaban J connectivity index is 0.719. The number of hydrogen-bond acceptors (Lipinski definition) is 11. The maximum absolute atomic E-state index is 14.0. The molecule has 2 fully saturated rings. The normalized spacial score (nSPS) is 18.4. The number of fused-ring (bicyclic) bond motifs is 5. The molecule has 4 aliphatic rings. The second-order valence-corrected chi connectivity index (χ2v) is 17.9. The van der Waals surface area contributed by atoms with E-state index in [4.69, 9.17) is 14.2 Å². The van der Waals surface area contributed by atoms with Crippen LogP contribution in [0.1, 0.15) is 101 Å². The molecule has 0 bridgehead atoms. The number of nitriles is 1. The Labute approximate surface area is 365 Å². The molecule has 3 N–H and O–H groups in total. The van der Waals surface area contributed by atoms with Gasteiger partial charge in [-0.1, -0.05) is 32.9 Å². The number of carbonyl (C=O) groups is 5. The predicted octanol–water partition coefficient (Wildman–Crippen LogP) is 5.16. The third kappa shape index (κ3) is 8.61. The van der Waals surface area contributed by atoms with Crippen molar-refractivity contribution >= 4 is 57.8 Å². The summed E-state index contributed by atoms with van der Waals surface area (Å²) >= 11 is 1.59. The summed E-state index contributed by atoms with van der Waals surface area (Å²) in [7, 11) is 0. The molecule has 3 aliphatic heterocycles. The zero-order chi connectivity index (χ0) is 43.5. The minimum Gasteiger partial charge on any atom is -0.378 e. The number of amides is 4. The number of hydrogen-bond donors (Lipinski definition) is 3. The third-order valence-corrected chi connectivity index (χ3v) is 13.6. The van der Waals surface area contributed by atoms with Crippen LogP contribution in [-0.2, 0) is 47.0 Å². The number of benzene rings is 3. The number of anilines is 1. The fraction of sp³-hybridized carbons (Fsp3) is 0.447. The molecule has 1 aromatic heterocycles. The van der Waals surface area contributed by atoms with Crippen molar-refractivity contribution in [2.24, 2.45) is 0 Å². The molecule has 3 aromatic carbocycles. The monoisotopic (exact) mass is 860 g/mol. The van der Waals surface area contributed by atoms with E-state index in [-0.39, 0.29) is 49.2 Å². The van der Waals surface area contributed by atoms with Crippen molar-refractivity contribution < 1.29 is 38.2 Å². The third-order valence-electron chi connectivity index (χ3n) is 12.5. The van der Waals surface area contributed by atoms with E-state index in [1.807, 2.05) is 24.3 Å². The number of imide groups is 1. The number of ketones is 1. The second kappa shape index (κ2) is 18.4. The number of H-pyrrole nitrogens is 1. The molecule has 324 valence electrons. The molecule has 1 atom stereocenters. The molecule has 4 heterocycles. The van der Waals surface area contributed by atoms with Crippen LogP contribution in [0.2, 0.25) is 0 Å². The van der Waals surface area contributed by atoms with Gasteiger partial charge in [0.2, 0.25) is 17.7 Å². The molecule has 1 unspecified atom stereocenters. The van der Waals surface area contributed by atoms with E-state index in [0.29, 0.717) is 61.8 Å². The van der Waals surface area contributed by atoms with Crippen LogP contribution in [0.5, 0.6) is 0 Å². The summed E-state index contributed by atoms with van der Waals surface area (Å²) in [5, 5.41) is 15.8. The number of nitrogens with zero attached hydrogens (tertiary/aromatic N) is 3. The first-order valence-corrected chi connectivity index (χ1v) is 22.4. The first-order chi connectivity index (χ1) is 30.0. The van der Waals surface area contributed by atoms with Crippen LogP contribution in [0.15, 0.2) is 53.4 Å². The van der Waals surface area contributed by atoms with Crippen LogP contribution in [0.3, 0.4) is 0 Å². The van der Waals surface area contributed by atoms with Crippen molar-refractivity contribution in [3.8, 4) is 6.07 Å². The summed E-state index contributed by atoms with van der Waals surface area (Å²) in [5.74, 6) is -0.377. The lowest BCUT2D eigenvalue weighted by Gasteiger charge is -2.38. The number of rotatable bonds is 16. The van der Waals surface area contributed by atoms with Gasteiger partial charge in [0.1, 0.15) is 12.6 Å². The molecule has 0 saturated carbocycles. The second-order valence-electron chi connectivity index (χ2n) is 16.7. The Hall–Kier alpha value is -5.53. The fourth-order valence-corrected chi connectivity index (χ4v) is 10.1. The lowest BCUT2D eigenvalue weighted by Crippen LogP contribution is -2.52. The van der Waals surface area contributed by atoms with Crippen LogP contribution in [-0.4, -0.2) is 110 Å². The standard InChI is InChI=1S/C47H52N6O8S/c1-4-29-23-33-35(47(2,3)44-42(43(33)56)32-9-8-28(25-48)22-36(32)50-44)24-38(29)52-14-12-30(13-15-52)49-41(55)27-61-19-18-59-16-17-60-20-21-62-39-7-5-6-31-34(39)26-53(46(31)58)37-10-11-40(54)51-45(37)57/h5-9,22-24,30,37,50H,4,10-21,26-27H2,1-3H3,(H,49,55)(H,51,54,57). The fourth-order valence-electron chi connectivity index (χ4n) is 9.20. The van der Waals surface area contributed by atoms with Gasteiger partial charge in [-0.3, -0.25) is 29.3 Å². The molecule has 4 amide bonds. The van der Waals surface area contributed by atoms with Gasteiger partial charge < -0.3 is 34.3 Å². The van der Waals surface area contributed by atoms with Crippen LogP contribution < -0.4 is 15.5 Å². The lowest BCUT2D eigenvalue weighted by molar-refractivity contribution is -0.137. The average molecular weight is 861 g/mol. The molecular formula is C47H52N6O8S. The van der Waals surface area contributed by atoms with E-state index < -0.39 is 17.4 Å². The summed E-state index contributed by atoms with van der Waals surface area (Å²) in [6.07, 6.45) is 2.92. The maximum atomic E-state index is 14.0. The highest BCUT2D eigenvalue weighted by atomic mass is 32.2. The maximum Gasteiger partial charge on any atom is 0.255 e. The molecule has 1 aliphatic carbocycles.